The Morgan fingerprint density at radius 3 is 2.59 bits per heavy atom. The first-order valence-corrected chi connectivity index (χ1v) is 9.54. The zero-order valence-electron chi connectivity index (χ0n) is 16.7. The summed E-state index contributed by atoms with van der Waals surface area (Å²) in [6.45, 7) is 2.47. The Bertz CT molecular complexity index is 1010. The Balaban J connectivity index is 1.60. The van der Waals surface area contributed by atoms with Crippen molar-refractivity contribution in [3.8, 4) is 23.0 Å². The van der Waals surface area contributed by atoms with Gasteiger partial charge in [-0.2, -0.15) is 4.98 Å². The van der Waals surface area contributed by atoms with Gasteiger partial charge in [0.25, 0.3) is 11.8 Å². The van der Waals surface area contributed by atoms with Crippen LogP contribution in [0.1, 0.15) is 40.6 Å². The molecule has 4 rings (SSSR count). The van der Waals surface area contributed by atoms with Gasteiger partial charge in [0.15, 0.2) is 5.82 Å². The van der Waals surface area contributed by atoms with Crippen LogP contribution in [0.15, 0.2) is 47.0 Å². The topological polar surface area (TPSA) is 77.7 Å². The number of methoxy groups -OCH3 is 2. The van der Waals surface area contributed by atoms with Crippen LogP contribution in [0, 0.1) is 6.92 Å². The highest BCUT2D eigenvalue weighted by Gasteiger charge is 2.32. The molecule has 3 aromatic rings. The summed E-state index contributed by atoms with van der Waals surface area (Å²) < 4.78 is 16.1. The van der Waals surface area contributed by atoms with Crippen molar-refractivity contribution in [1.29, 1.82) is 0 Å². The van der Waals surface area contributed by atoms with Crippen LogP contribution in [0.25, 0.3) is 11.5 Å². The van der Waals surface area contributed by atoms with Crippen molar-refractivity contribution in [2.75, 3.05) is 20.8 Å². The van der Waals surface area contributed by atoms with Gasteiger partial charge in [0.1, 0.15) is 11.5 Å². The lowest BCUT2D eigenvalue weighted by Gasteiger charge is -2.27. The van der Waals surface area contributed by atoms with E-state index in [1.807, 2.05) is 35.2 Å². The monoisotopic (exact) mass is 393 g/mol. The van der Waals surface area contributed by atoms with Gasteiger partial charge < -0.3 is 18.9 Å². The number of carbonyl (C=O) groups excluding carboxylic acids is 1. The maximum Gasteiger partial charge on any atom is 0.257 e. The van der Waals surface area contributed by atoms with Gasteiger partial charge in [-0.1, -0.05) is 5.16 Å². The smallest absolute Gasteiger partial charge is 0.257 e. The molecule has 1 unspecified atom stereocenters. The molecule has 1 fully saturated rings. The van der Waals surface area contributed by atoms with Gasteiger partial charge in [0.2, 0.25) is 0 Å². The van der Waals surface area contributed by atoms with Crippen LogP contribution in [0.5, 0.6) is 11.5 Å². The van der Waals surface area contributed by atoms with Gasteiger partial charge in [-0.15, -0.1) is 0 Å². The van der Waals surface area contributed by atoms with Gasteiger partial charge in [-0.3, -0.25) is 4.79 Å². The molecule has 1 aromatic heterocycles. The second-order valence-corrected chi connectivity index (χ2v) is 6.99. The van der Waals surface area contributed by atoms with Crippen LogP contribution in [-0.2, 0) is 0 Å². The third-order valence-electron chi connectivity index (χ3n) is 5.22. The molecule has 29 heavy (non-hydrogen) atoms. The SMILES string of the molecule is COc1ccc(OC)c(C2CCCN2C(=O)c2ccc(-c3nc(C)no3)cc2)c1. The van der Waals surface area contributed by atoms with Crippen molar-refractivity contribution in [2.45, 2.75) is 25.8 Å². The minimum Gasteiger partial charge on any atom is -0.497 e. The predicted octanol–water partition coefficient (Wildman–Crippen LogP) is 4.04. The summed E-state index contributed by atoms with van der Waals surface area (Å²) in [6.07, 6.45) is 1.82. The summed E-state index contributed by atoms with van der Waals surface area (Å²) in [4.78, 5) is 19.4. The Kier molecular flexibility index (Phi) is 5.20. The molecule has 1 aliphatic heterocycles. The number of aryl methyl sites for hydroxylation is 1. The number of benzene rings is 2. The number of nitrogens with zero attached hydrogens (tertiary/aromatic N) is 3. The standard InChI is InChI=1S/C22H23N3O4/c1-14-23-21(29-24-14)15-6-8-16(9-7-15)22(26)25-12-4-5-19(25)18-13-17(27-2)10-11-20(18)28-3/h6-11,13,19H,4-5,12H2,1-3H3. The molecule has 7 heteroatoms. The predicted molar refractivity (Wildman–Crippen MR) is 107 cm³/mol. The molecule has 1 saturated heterocycles. The summed E-state index contributed by atoms with van der Waals surface area (Å²) in [7, 11) is 3.28. The summed E-state index contributed by atoms with van der Waals surface area (Å²) in [5.41, 5.74) is 2.38. The molecule has 0 radical (unpaired) electrons. The van der Waals surface area contributed by atoms with E-state index in [0.29, 0.717) is 23.8 Å². The molecule has 1 aliphatic rings. The van der Waals surface area contributed by atoms with Gasteiger partial charge >= 0.3 is 0 Å². The molecule has 0 spiro atoms. The fourth-order valence-corrected chi connectivity index (χ4v) is 3.77. The van der Waals surface area contributed by atoms with Crippen molar-refractivity contribution in [1.82, 2.24) is 15.0 Å². The summed E-state index contributed by atoms with van der Waals surface area (Å²) in [6, 6.07) is 12.9. The summed E-state index contributed by atoms with van der Waals surface area (Å²) in [5.74, 6) is 2.52. The fourth-order valence-electron chi connectivity index (χ4n) is 3.77. The van der Waals surface area contributed by atoms with Crippen molar-refractivity contribution < 1.29 is 18.8 Å². The molecule has 0 N–H and O–H groups in total. The molecular formula is C22H23N3O4. The quantitative estimate of drug-likeness (QED) is 0.651. The molecule has 7 nitrogen and oxygen atoms in total. The van der Waals surface area contributed by atoms with E-state index in [9.17, 15) is 4.79 Å². The second-order valence-electron chi connectivity index (χ2n) is 6.99. The van der Waals surface area contributed by atoms with Crippen LogP contribution in [0.4, 0.5) is 0 Å². The van der Waals surface area contributed by atoms with E-state index >= 15 is 0 Å². The number of carbonyl (C=O) groups is 1. The molecule has 0 saturated carbocycles. The molecule has 2 heterocycles. The average molecular weight is 393 g/mol. The van der Waals surface area contributed by atoms with E-state index in [4.69, 9.17) is 14.0 Å². The van der Waals surface area contributed by atoms with Gasteiger partial charge in [0.05, 0.1) is 20.3 Å². The van der Waals surface area contributed by atoms with Crippen molar-refractivity contribution in [3.63, 3.8) is 0 Å². The number of hydrogen-bond donors (Lipinski definition) is 0. The Morgan fingerprint density at radius 2 is 1.93 bits per heavy atom. The van der Waals surface area contributed by atoms with E-state index in [-0.39, 0.29) is 11.9 Å². The first-order valence-electron chi connectivity index (χ1n) is 9.54. The third kappa shape index (κ3) is 3.68. The van der Waals surface area contributed by atoms with Crippen molar-refractivity contribution >= 4 is 5.91 Å². The number of aromatic nitrogens is 2. The van der Waals surface area contributed by atoms with E-state index in [0.717, 1.165) is 35.5 Å². The molecule has 1 amide bonds. The minimum absolute atomic E-state index is 0.00867. The van der Waals surface area contributed by atoms with Crippen molar-refractivity contribution in [3.05, 3.63) is 59.4 Å². The third-order valence-corrected chi connectivity index (χ3v) is 5.22. The van der Waals surface area contributed by atoms with Gasteiger partial charge in [-0.05, 0) is 62.2 Å². The molecular weight excluding hydrogens is 370 g/mol. The lowest BCUT2D eigenvalue weighted by molar-refractivity contribution is 0.0734. The van der Waals surface area contributed by atoms with Crippen LogP contribution in [-0.4, -0.2) is 41.7 Å². The summed E-state index contributed by atoms with van der Waals surface area (Å²) >= 11 is 0. The minimum atomic E-state index is -0.0502. The highest BCUT2D eigenvalue weighted by atomic mass is 16.5. The van der Waals surface area contributed by atoms with E-state index in [1.54, 1.807) is 33.3 Å². The number of hydrogen-bond acceptors (Lipinski definition) is 6. The highest BCUT2D eigenvalue weighted by molar-refractivity contribution is 5.95. The van der Waals surface area contributed by atoms with Crippen LogP contribution < -0.4 is 9.47 Å². The van der Waals surface area contributed by atoms with Gasteiger partial charge in [-0.25, -0.2) is 0 Å². The van der Waals surface area contributed by atoms with Crippen LogP contribution in [0.3, 0.4) is 0 Å². The van der Waals surface area contributed by atoms with Crippen LogP contribution in [0.2, 0.25) is 0 Å². The number of ether oxygens (including phenoxy) is 2. The molecule has 0 aliphatic carbocycles. The maximum absolute atomic E-state index is 13.2. The largest absolute Gasteiger partial charge is 0.497 e. The normalized spacial score (nSPS) is 16.1. The lowest BCUT2D eigenvalue weighted by atomic mass is 10.0. The molecule has 2 aromatic carbocycles. The van der Waals surface area contributed by atoms with E-state index in [2.05, 4.69) is 10.1 Å². The molecule has 1 atom stereocenters. The van der Waals surface area contributed by atoms with E-state index in [1.165, 1.54) is 0 Å². The van der Waals surface area contributed by atoms with Gasteiger partial charge in [0, 0.05) is 23.2 Å². The van der Waals surface area contributed by atoms with Crippen LogP contribution >= 0.6 is 0 Å². The zero-order chi connectivity index (χ0) is 20.4. The molecule has 0 bridgehead atoms. The average Bonchev–Trinajstić information content (AvgIpc) is 3.42. The Morgan fingerprint density at radius 1 is 1.14 bits per heavy atom. The Hall–Kier alpha value is -3.35. The lowest BCUT2D eigenvalue weighted by Crippen LogP contribution is -2.30. The maximum atomic E-state index is 13.2. The first kappa shape index (κ1) is 19.0. The first-order chi connectivity index (χ1) is 14.1. The second kappa shape index (κ2) is 7.95. The fraction of sp³-hybridized carbons (Fsp3) is 0.318. The Labute approximate surface area is 169 Å². The van der Waals surface area contributed by atoms with E-state index < -0.39 is 0 Å². The number of likely N-dealkylation sites (tertiary alicyclic amines) is 1. The summed E-state index contributed by atoms with van der Waals surface area (Å²) in [5, 5.41) is 3.80. The highest BCUT2D eigenvalue weighted by Crippen LogP contribution is 2.39. The molecule has 150 valence electrons. The van der Waals surface area contributed by atoms with Crippen molar-refractivity contribution in [2.24, 2.45) is 0 Å². The number of rotatable bonds is 5. The zero-order valence-corrected chi connectivity index (χ0v) is 16.7. The number of amides is 1.